The number of hydrogen-bond acceptors (Lipinski definition) is 13. The van der Waals surface area contributed by atoms with Crippen molar-refractivity contribution in [1.82, 2.24) is 0 Å². The number of esters is 2. The normalized spacial score (nSPS) is 24.1. The molecule has 2 aliphatic rings. The first-order valence-corrected chi connectivity index (χ1v) is 24.8. The van der Waals surface area contributed by atoms with E-state index in [9.17, 15) is 15.1 Å². The van der Waals surface area contributed by atoms with Crippen molar-refractivity contribution in [3.8, 4) is 0 Å². The van der Waals surface area contributed by atoms with Crippen molar-refractivity contribution in [2.45, 2.75) is 118 Å². The third-order valence-corrected chi connectivity index (χ3v) is 12.9. The van der Waals surface area contributed by atoms with E-state index < -0.39 is 78.0 Å². The van der Waals surface area contributed by atoms with Gasteiger partial charge in [0.25, 0.3) is 0 Å². The van der Waals surface area contributed by atoms with Crippen molar-refractivity contribution in [2.24, 2.45) is 5.11 Å². The average molecular weight is 994 g/mol. The van der Waals surface area contributed by atoms with Gasteiger partial charge in [-0.15, -0.1) is 0 Å². The van der Waals surface area contributed by atoms with Crippen molar-refractivity contribution < 1.29 is 52.2 Å². The molecular weight excluding hydrogens is 935 g/mol. The fourth-order valence-corrected chi connectivity index (χ4v) is 9.48. The second kappa shape index (κ2) is 25.8. The number of nitrogens with zero attached hydrogens (tertiary/aromatic N) is 3. The molecule has 2 aliphatic heterocycles. The maximum absolute atomic E-state index is 14.7. The first-order chi connectivity index (χ1) is 35.1. The smallest absolute Gasteiger partial charge is 0.338 e. The third-order valence-electron chi connectivity index (χ3n) is 11.7. The topological polar surface area (TPSA) is 166 Å². The summed E-state index contributed by atoms with van der Waals surface area (Å²) in [6, 6.07) is 55.3. The van der Waals surface area contributed by atoms with Crippen LogP contribution in [0.2, 0.25) is 0 Å². The zero-order chi connectivity index (χ0) is 50.1. The highest BCUT2D eigenvalue weighted by molar-refractivity contribution is 7.99. The van der Waals surface area contributed by atoms with Crippen molar-refractivity contribution in [1.29, 1.82) is 0 Å². The van der Waals surface area contributed by atoms with Gasteiger partial charge < -0.3 is 42.6 Å². The zero-order valence-corrected chi connectivity index (χ0v) is 41.2. The van der Waals surface area contributed by atoms with E-state index in [2.05, 4.69) is 10.0 Å². The highest BCUT2D eigenvalue weighted by Crippen LogP contribution is 2.41. The number of carbonyl (C=O) groups excluding carboxylic acids is 2. The Balaban J connectivity index is 1.24. The molecule has 6 aromatic carbocycles. The van der Waals surface area contributed by atoms with E-state index in [-0.39, 0.29) is 38.6 Å². The summed E-state index contributed by atoms with van der Waals surface area (Å²) in [5.41, 5.74) is 12.1. The molecule has 14 nitrogen and oxygen atoms in total. The van der Waals surface area contributed by atoms with Gasteiger partial charge in [0.05, 0.1) is 44.7 Å². The molecule has 72 heavy (non-hydrogen) atoms. The first kappa shape index (κ1) is 52.0. The van der Waals surface area contributed by atoms with Crippen LogP contribution in [0.3, 0.4) is 0 Å². The molecule has 15 heteroatoms. The Kier molecular flexibility index (Phi) is 18.7. The van der Waals surface area contributed by atoms with Gasteiger partial charge in [-0.25, -0.2) is 9.59 Å². The number of benzene rings is 6. The van der Waals surface area contributed by atoms with Gasteiger partial charge in [0.2, 0.25) is 0 Å². The first-order valence-electron chi connectivity index (χ1n) is 23.9. The van der Waals surface area contributed by atoms with Gasteiger partial charge in [0.1, 0.15) is 41.5 Å². The molecule has 2 fully saturated rings. The van der Waals surface area contributed by atoms with E-state index in [4.69, 9.17) is 42.6 Å². The molecule has 374 valence electrons. The molecule has 0 unspecified atom stereocenters. The predicted molar refractivity (Wildman–Crippen MR) is 270 cm³/mol. The van der Waals surface area contributed by atoms with Crippen LogP contribution in [0, 0.1) is 0 Å². The Labute approximate surface area is 424 Å². The summed E-state index contributed by atoms with van der Waals surface area (Å²) in [6.07, 6.45) is -10.1. The van der Waals surface area contributed by atoms with Gasteiger partial charge in [-0.3, -0.25) is 0 Å². The van der Waals surface area contributed by atoms with Crippen LogP contribution in [0.15, 0.2) is 192 Å². The molecule has 10 atom stereocenters. The second-order valence-electron chi connectivity index (χ2n) is 18.2. The van der Waals surface area contributed by atoms with E-state index in [0.717, 1.165) is 27.1 Å². The molecule has 0 aliphatic carbocycles. The number of ether oxygens (including phenoxy) is 9. The Morgan fingerprint density at radius 1 is 0.583 bits per heavy atom. The van der Waals surface area contributed by atoms with E-state index in [1.807, 2.05) is 152 Å². The second-order valence-corrected chi connectivity index (χ2v) is 19.4. The van der Waals surface area contributed by atoms with E-state index in [0.29, 0.717) is 0 Å². The van der Waals surface area contributed by atoms with Crippen LogP contribution >= 0.6 is 11.8 Å². The minimum atomic E-state index is -1.59. The standard InChI is InChI=1S/C57H59N3O11S/c1-57(2,3)71-54(62)51-49(65-36-41-26-14-6-15-27-41)50(66-37-42-28-16-7-17-29-42)52(68-53(61)43-30-18-8-19-31-43)55(70-51)69-47-45(38-63-34-39-22-10-4-11-23-39)67-56(72-44-32-20-9-21-33-44)46(59-60-58)48(47)64-35-40-24-12-5-13-25-40/h4-33,45-52,55-56H,34-38H2,1-3H3/t45-,46-,47-,48-,49+,50+,51+,52-,55-,56+/m1/s1. The van der Waals surface area contributed by atoms with Gasteiger partial charge >= 0.3 is 11.9 Å². The number of rotatable bonds is 21. The zero-order valence-electron chi connectivity index (χ0n) is 40.4. The fourth-order valence-electron chi connectivity index (χ4n) is 8.35. The largest absolute Gasteiger partial charge is 0.458 e. The van der Waals surface area contributed by atoms with Gasteiger partial charge in [-0.05, 0) is 72.8 Å². The minimum absolute atomic E-state index is 0.0203. The van der Waals surface area contributed by atoms with Crippen LogP contribution in [-0.2, 0) is 73.9 Å². The number of azide groups is 1. The van der Waals surface area contributed by atoms with Crippen LogP contribution in [0.1, 0.15) is 53.4 Å². The maximum Gasteiger partial charge on any atom is 0.338 e. The lowest BCUT2D eigenvalue weighted by Crippen LogP contribution is -2.66. The third kappa shape index (κ3) is 14.6. The maximum atomic E-state index is 14.7. The number of carbonyl (C=O) groups is 2. The highest BCUT2D eigenvalue weighted by atomic mass is 32.2. The number of hydrogen-bond donors (Lipinski definition) is 0. The summed E-state index contributed by atoms with van der Waals surface area (Å²) in [4.78, 5) is 33.3. The molecule has 0 radical (unpaired) electrons. The summed E-state index contributed by atoms with van der Waals surface area (Å²) in [7, 11) is 0. The van der Waals surface area contributed by atoms with Crippen LogP contribution in [0.25, 0.3) is 10.4 Å². The molecule has 0 bridgehead atoms. The van der Waals surface area contributed by atoms with Crippen molar-refractivity contribution in [2.75, 3.05) is 6.61 Å². The van der Waals surface area contributed by atoms with Crippen LogP contribution in [0.4, 0.5) is 0 Å². The molecule has 0 aromatic heterocycles. The van der Waals surface area contributed by atoms with Crippen LogP contribution in [0.5, 0.6) is 0 Å². The molecule has 0 amide bonds. The van der Waals surface area contributed by atoms with Gasteiger partial charge in [0, 0.05) is 9.81 Å². The number of thioether (sulfide) groups is 1. The Bertz CT molecular complexity index is 2630. The van der Waals surface area contributed by atoms with Crippen LogP contribution in [-0.4, -0.2) is 84.6 Å². The molecule has 8 rings (SSSR count). The van der Waals surface area contributed by atoms with Gasteiger partial charge in [0.15, 0.2) is 18.5 Å². The summed E-state index contributed by atoms with van der Waals surface area (Å²) >= 11 is 1.37. The van der Waals surface area contributed by atoms with E-state index >= 15 is 0 Å². The summed E-state index contributed by atoms with van der Waals surface area (Å²) in [6.45, 7) is 5.59. The van der Waals surface area contributed by atoms with Crippen molar-refractivity contribution in [3.63, 3.8) is 0 Å². The molecule has 6 aromatic rings. The Morgan fingerprint density at radius 2 is 1.06 bits per heavy atom. The molecule has 0 N–H and O–H groups in total. The van der Waals surface area contributed by atoms with Crippen molar-refractivity contribution in [3.05, 3.63) is 220 Å². The summed E-state index contributed by atoms with van der Waals surface area (Å²) in [5.74, 6) is -1.48. The predicted octanol–water partition coefficient (Wildman–Crippen LogP) is 10.8. The lowest BCUT2D eigenvalue weighted by Gasteiger charge is -2.49. The molecule has 2 saturated heterocycles. The fraction of sp³-hybridized carbons (Fsp3) is 0.333. The molecule has 2 heterocycles. The van der Waals surface area contributed by atoms with Crippen LogP contribution < -0.4 is 0 Å². The van der Waals surface area contributed by atoms with Gasteiger partial charge in [-0.1, -0.05) is 175 Å². The minimum Gasteiger partial charge on any atom is -0.458 e. The monoisotopic (exact) mass is 993 g/mol. The lowest BCUT2D eigenvalue weighted by molar-refractivity contribution is -0.340. The summed E-state index contributed by atoms with van der Waals surface area (Å²) in [5, 5.41) is 4.34. The quantitative estimate of drug-likeness (QED) is 0.0290. The lowest BCUT2D eigenvalue weighted by atomic mass is 9.95. The molecular formula is C57H59N3O11S. The molecule has 0 saturated carbocycles. The van der Waals surface area contributed by atoms with Gasteiger partial charge in [-0.2, -0.15) is 0 Å². The van der Waals surface area contributed by atoms with E-state index in [1.54, 1.807) is 51.1 Å². The molecule has 0 spiro atoms. The SMILES string of the molecule is CC(C)(C)OC(=O)[C@H]1O[C@@H](O[C@H]2[C@H](OCc3ccccc3)[C@@H](N=[N+]=[N-])[C@H](Sc3ccccc3)O[C@@H]2COCc2ccccc2)[C@H](OC(=O)c2ccccc2)[C@@H](OCc2ccccc2)[C@@H]1OCc1ccccc1. The van der Waals surface area contributed by atoms with Crippen molar-refractivity contribution >= 4 is 23.7 Å². The summed E-state index contributed by atoms with van der Waals surface area (Å²) < 4.78 is 60.4. The Hall–Kier alpha value is -6.36. The van der Waals surface area contributed by atoms with E-state index in [1.165, 1.54) is 11.8 Å². The highest BCUT2D eigenvalue weighted by Gasteiger charge is 2.57. The Morgan fingerprint density at radius 3 is 1.57 bits per heavy atom. The average Bonchev–Trinajstić information content (AvgIpc) is 3.40.